The van der Waals surface area contributed by atoms with E-state index in [0.29, 0.717) is 0 Å². The summed E-state index contributed by atoms with van der Waals surface area (Å²) in [6, 6.07) is 114. The van der Waals surface area contributed by atoms with Crippen molar-refractivity contribution in [3.05, 3.63) is 348 Å². The minimum atomic E-state index is -0.563. The smallest absolute Gasteiger partial charge is 0.0754 e. The van der Waals surface area contributed by atoms with Gasteiger partial charge in [0.15, 0.2) is 0 Å². The number of benzene rings is 13. The van der Waals surface area contributed by atoms with Gasteiger partial charge in [0.1, 0.15) is 0 Å². The average molecular weight is 1040 g/mol. The van der Waals surface area contributed by atoms with Gasteiger partial charge in [0.25, 0.3) is 0 Å². The molecular formula is C80H50N2. The van der Waals surface area contributed by atoms with E-state index < -0.39 is 10.8 Å². The second-order valence-corrected chi connectivity index (χ2v) is 22.6. The van der Waals surface area contributed by atoms with Gasteiger partial charge in [-0.05, 0) is 143 Å². The monoisotopic (exact) mass is 1040 g/mol. The van der Waals surface area contributed by atoms with Crippen LogP contribution >= 0.6 is 0 Å². The Balaban J connectivity index is 0.872. The summed E-state index contributed by atoms with van der Waals surface area (Å²) in [6.07, 6.45) is 0. The first-order chi connectivity index (χ1) is 40.7. The molecule has 0 bridgehead atoms. The molecule has 0 saturated carbocycles. The van der Waals surface area contributed by atoms with Crippen molar-refractivity contribution in [1.29, 1.82) is 0 Å². The summed E-state index contributed by atoms with van der Waals surface area (Å²) >= 11 is 0. The number of fused-ring (bicyclic) bond motifs is 22. The lowest BCUT2D eigenvalue weighted by Gasteiger charge is -2.39. The van der Waals surface area contributed by atoms with Crippen molar-refractivity contribution in [2.24, 2.45) is 0 Å². The number of para-hydroxylation sites is 4. The van der Waals surface area contributed by atoms with Gasteiger partial charge in [-0.1, -0.05) is 261 Å². The highest BCUT2D eigenvalue weighted by molar-refractivity contribution is 6.13. The third kappa shape index (κ3) is 5.87. The van der Waals surface area contributed by atoms with Crippen molar-refractivity contribution in [2.75, 3.05) is 4.90 Å². The van der Waals surface area contributed by atoms with Crippen molar-refractivity contribution in [2.45, 2.75) is 10.8 Å². The molecule has 1 unspecified atom stereocenters. The third-order valence-corrected chi connectivity index (χ3v) is 18.8. The molecule has 0 radical (unpaired) electrons. The Morgan fingerprint density at radius 1 is 0.256 bits per heavy atom. The molecule has 82 heavy (non-hydrogen) atoms. The fraction of sp³-hybridized carbons (Fsp3) is 0.0250. The molecular weight excluding hydrogens is 989 g/mol. The van der Waals surface area contributed by atoms with E-state index in [1.165, 1.54) is 122 Å². The van der Waals surface area contributed by atoms with Gasteiger partial charge in [-0.15, -0.1) is 0 Å². The van der Waals surface area contributed by atoms with Crippen LogP contribution in [0.2, 0.25) is 0 Å². The lowest BCUT2D eigenvalue weighted by molar-refractivity contribution is 0.749. The van der Waals surface area contributed by atoms with Crippen molar-refractivity contribution >= 4 is 38.9 Å². The van der Waals surface area contributed by atoms with E-state index in [-0.39, 0.29) is 0 Å². The Morgan fingerprint density at radius 3 is 1.46 bits per heavy atom. The van der Waals surface area contributed by atoms with Crippen LogP contribution < -0.4 is 4.90 Å². The Labute approximate surface area is 476 Å². The van der Waals surface area contributed by atoms with E-state index in [9.17, 15) is 0 Å². The Bertz CT molecular complexity index is 4960. The lowest BCUT2D eigenvalue weighted by atomic mass is 9.65. The van der Waals surface area contributed by atoms with Crippen LogP contribution in [0.5, 0.6) is 0 Å². The third-order valence-electron chi connectivity index (χ3n) is 18.8. The van der Waals surface area contributed by atoms with Crippen LogP contribution in [0.15, 0.2) is 303 Å². The van der Waals surface area contributed by atoms with Gasteiger partial charge >= 0.3 is 0 Å². The van der Waals surface area contributed by atoms with E-state index in [2.05, 4.69) is 313 Å². The number of nitrogens with zero attached hydrogens (tertiary/aromatic N) is 2. The Morgan fingerprint density at radius 2 is 0.720 bits per heavy atom. The molecule has 13 aromatic carbocycles. The first-order valence-corrected chi connectivity index (χ1v) is 28.7. The standard InChI is InChI=1S/C80H50N2/c1-2-21-51(22-3-1)52-43-45-53(46-44-52)57-25-8-15-39-73(57)81(76-42-20-37-70-77(76)64-30-7-13-35-68(64)79(70)65-32-10-4-26-58(65)59-27-5-11-33-66(59)79)56-24-18-23-54(49-56)55-47-48-61-60-28-6-12-34-67(60)80(72(61)50-55)69-36-14-17-41-75(69)82-74-40-16-9-29-62(74)63-31-19-38-71(80)78(63)82/h1-50H. The normalized spacial score (nSPS) is 15.0. The molecule has 0 fully saturated rings. The van der Waals surface area contributed by atoms with Gasteiger partial charge in [-0.2, -0.15) is 0 Å². The highest BCUT2D eigenvalue weighted by atomic mass is 15.1. The van der Waals surface area contributed by atoms with E-state index >= 15 is 0 Å². The minimum Gasteiger partial charge on any atom is -0.309 e. The predicted octanol–water partition coefficient (Wildman–Crippen LogP) is 20.3. The molecule has 0 amide bonds. The largest absolute Gasteiger partial charge is 0.309 e. The van der Waals surface area contributed by atoms with Crippen LogP contribution in [-0.4, -0.2) is 4.57 Å². The predicted molar refractivity (Wildman–Crippen MR) is 339 cm³/mol. The summed E-state index contributed by atoms with van der Waals surface area (Å²) in [5.41, 5.74) is 31.3. The summed E-state index contributed by atoms with van der Waals surface area (Å²) in [7, 11) is 0. The van der Waals surface area contributed by atoms with Crippen LogP contribution in [0.1, 0.15) is 44.5 Å². The van der Waals surface area contributed by atoms with Crippen molar-refractivity contribution in [1.82, 2.24) is 4.57 Å². The summed E-state index contributed by atoms with van der Waals surface area (Å²) in [4.78, 5) is 2.56. The number of aromatic nitrogens is 1. The minimum absolute atomic E-state index is 0.496. The van der Waals surface area contributed by atoms with Gasteiger partial charge in [0.2, 0.25) is 0 Å². The SMILES string of the molecule is c1ccc(-c2ccc(-c3ccccc3N(c3cccc(-c4ccc5c(c4)C4(c6ccccc6-5)c5ccccc5-n5c6ccccc6c6cccc4c65)c3)c3cccc4c3-c3ccccc3C43c4ccccc4-c4ccccc43)cc2)cc1. The van der Waals surface area contributed by atoms with Crippen LogP contribution in [0, 0.1) is 0 Å². The number of rotatable bonds is 6. The molecule has 2 spiro atoms. The van der Waals surface area contributed by atoms with Crippen LogP contribution in [0.3, 0.4) is 0 Å². The Hall–Kier alpha value is -10.5. The zero-order chi connectivity index (χ0) is 53.7. The van der Waals surface area contributed by atoms with E-state index in [1.807, 2.05) is 0 Å². The van der Waals surface area contributed by atoms with E-state index in [4.69, 9.17) is 0 Å². The molecule has 1 aliphatic heterocycles. The maximum Gasteiger partial charge on any atom is 0.0754 e. The summed E-state index contributed by atoms with van der Waals surface area (Å²) in [5, 5.41) is 2.56. The number of anilines is 3. The molecule has 1 atom stereocenters. The molecule has 4 aliphatic rings. The topological polar surface area (TPSA) is 8.17 Å². The molecule has 2 nitrogen and oxygen atoms in total. The summed E-state index contributed by atoms with van der Waals surface area (Å²) in [6.45, 7) is 0. The van der Waals surface area contributed by atoms with Gasteiger partial charge in [-0.25, -0.2) is 0 Å². The molecule has 14 aromatic rings. The Kier molecular flexibility index (Phi) is 9.39. The molecule has 2 heterocycles. The zero-order valence-electron chi connectivity index (χ0n) is 44.8. The second-order valence-electron chi connectivity index (χ2n) is 22.6. The van der Waals surface area contributed by atoms with Crippen LogP contribution in [0.25, 0.3) is 94.3 Å². The molecule has 2 heteroatoms. The fourth-order valence-electron chi connectivity index (χ4n) is 15.7. The first kappa shape index (κ1) is 45.3. The zero-order valence-corrected chi connectivity index (χ0v) is 44.8. The summed E-state index contributed by atoms with van der Waals surface area (Å²) < 4.78 is 2.53. The second kappa shape index (κ2) is 17.0. The van der Waals surface area contributed by atoms with Gasteiger partial charge in [0.05, 0.1) is 38.9 Å². The maximum atomic E-state index is 2.56. The molecule has 380 valence electrons. The van der Waals surface area contributed by atoms with Crippen molar-refractivity contribution < 1.29 is 0 Å². The quantitative estimate of drug-likeness (QED) is 0.161. The van der Waals surface area contributed by atoms with E-state index in [1.54, 1.807) is 0 Å². The van der Waals surface area contributed by atoms with Crippen LogP contribution in [0.4, 0.5) is 17.1 Å². The van der Waals surface area contributed by atoms with Crippen molar-refractivity contribution in [3.63, 3.8) is 0 Å². The molecule has 0 saturated heterocycles. The lowest BCUT2D eigenvalue weighted by Crippen LogP contribution is -2.33. The number of hydrogen-bond acceptors (Lipinski definition) is 1. The molecule has 1 aromatic heterocycles. The summed E-state index contributed by atoms with van der Waals surface area (Å²) in [5.74, 6) is 0. The van der Waals surface area contributed by atoms with Gasteiger partial charge < -0.3 is 9.47 Å². The maximum absolute atomic E-state index is 2.56. The highest BCUT2D eigenvalue weighted by Gasteiger charge is 2.53. The number of hydrogen-bond donors (Lipinski definition) is 0. The van der Waals surface area contributed by atoms with Gasteiger partial charge in [0, 0.05) is 27.6 Å². The van der Waals surface area contributed by atoms with Crippen molar-refractivity contribution in [3.8, 4) is 72.4 Å². The fourth-order valence-corrected chi connectivity index (χ4v) is 15.7. The van der Waals surface area contributed by atoms with Crippen LogP contribution in [-0.2, 0) is 10.8 Å². The molecule has 3 aliphatic carbocycles. The van der Waals surface area contributed by atoms with Gasteiger partial charge in [-0.3, -0.25) is 0 Å². The first-order valence-electron chi connectivity index (χ1n) is 28.7. The van der Waals surface area contributed by atoms with E-state index in [0.717, 1.165) is 33.8 Å². The molecule has 0 N–H and O–H groups in total. The average Bonchev–Trinajstić information content (AvgIpc) is 3.72. The molecule has 18 rings (SSSR count). The highest BCUT2D eigenvalue weighted by Crippen LogP contribution is 2.66.